The maximum Gasteiger partial charge on any atom is 0.254 e. The number of hydrogen-bond donors (Lipinski definition) is 2. The number of nitrogens with one attached hydrogen (secondary N) is 2. The molecule has 0 unspecified atom stereocenters. The number of nitriles is 1. The largest absolute Gasteiger partial charge is 0.352 e. The molecule has 1 aliphatic rings. The first-order valence-corrected chi connectivity index (χ1v) is 11.0. The summed E-state index contributed by atoms with van der Waals surface area (Å²) in [5.41, 5.74) is 2.06. The molecule has 1 aromatic heterocycles. The number of thiophene rings is 1. The van der Waals surface area contributed by atoms with Crippen molar-refractivity contribution in [1.82, 2.24) is 5.32 Å². The minimum Gasteiger partial charge on any atom is -0.352 e. The van der Waals surface area contributed by atoms with Gasteiger partial charge in [0.05, 0.1) is 11.1 Å². The molecular weight excluding hydrogens is 493 g/mol. The lowest BCUT2D eigenvalue weighted by molar-refractivity contribution is 0.0941. The second-order valence-corrected chi connectivity index (χ2v) is 10.4. The Balaban J connectivity index is 1.87. The van der Waals surface area contributed by atoms with E-state index < -0.39 is 15.9 Å². The number of carbonyl (C=O) groups is 1. The highest BCUT2D eigenvalue weighted by Gasteiger charge is 2.36. The Kier molecular flexibility index (Phi) is 6.60. The van der Waals surface area contributed by atoms with Crippen LogP contribution in [0.1, 0.15) is 39.2 Å². The zero-order valence-electron chi connectivity index (χ0n) is 14.0. The van der Waals surface area contributed by atoms with Gasteiger partial charge in [-0.3, -0.25) is 4.79 Å². The van der Waals surface area contributed by atoms with Crippen LogP contribution in [0.15, 0.2) is 28.7 Å². The summed E-state index contributed by atoms with van der Waals surface area (Å²) < 4.78 is -1.18. The molecule has 3 rings (SSSR count). The minimum absolute atomic E-state index is 0.397. The number of anilines is 1. The van der Waals surface area contributed by atoms with E-state index in [2.05, 4.69) is 32.6 Å². The third-order valence-corrected chi connectivity index (χ3v) is 6.85. The lowest BCUT2D eigenvalue weighted by Gasteiger charge is -2.27. The lowest BCUT2D eigenvalue weighted by Crippen LogP contribution is -2.49. The normalized spacial score (nSPS) is 14.8. The first-order chi connectivity index (χ1) is 12.8. The number of hydrogen-bond acceptors (Lipinski definition) is 4. The summed E-state index contributed by atoms with van der Waals surface area (Å²) in [7, 11) is 0. The van der Waals surface area contributed by atoms with E-state index in [-0.39, 0.29) is 0 Å². The Labute approximate surface area is 184 Å². The topological polar surface area (TPSA) is 64.9 Å². The Morgan fingerprint density at radius 2 is 1.96 bits per heavy atom. The van der Waals surface area contributed by atoms with Gasteiger partial charge in [0, 0.05) is 9.35 Å². The zero-order chi connectivity index (χ0) is 19.6. The maximum atomic E-state index is 12.6. The Morgan fingerprint density at radius 3 is 2.63 bits per heavy atom. The lowest BCUT2D eigenvalue weighted by atomic mass is 9.96. The van der Waals surface area contributed by atoms with E-state index in [1.165, 1.54) is 16.2 Å². The fourth-order valence-electron chi connectivity index (χ4n) is 2.97. The average Bonchev–Trinajstić information content (AvgIpc) is 2.97. The van der Waals surface area contributed by atoms with E-state index in [9.17, 15) is 10.1 Å². The van der Waals surface area contributed by atoms with Crippen LogP contribution in [-0.2, 0) is 12.8 Å². The molecule has 0 fully saturated rings. The van der Waals surface area contributed by atoms with Crippen LogP contribution in [-0.4, -0.2) is 15.9 Å². The smallest absolute Gasteiger partial charge is 0.254 e. The van der Waals surface area contributed by atoms with Gasteiger partial charge in [-0.05, 0) is 59.3 Å². The fraction of sp³-hybridized carbons (Fsp3) is 0.333. The highest BCUT2D eigenvalue weighted by molar-refractivity contribution is 9.10. The van der Waals surface area contributed by atoms with Gasteiger partial charge in [-0.2, -0.15) is 5.26 Å². The quantitative estimate of drug-likeness (QED) is 0.406. The summed E-state index contributed by atoms with van der Waals surface area (Å²) in [6.07, 6.45) is 2.97. The van der Waals surface area contributed by atoms with E-state index in [1.807, 2.05) is 0 Å². The number of rotatable bonds is 4. The van der Waals surface area contributed by atoms with Gasteiger partial charge in [0.2, 0.25) is 3.79 Å². The van der Waals surface area contributed by atoms with Crippen molar-refractivity contribution in [3.8, 4) is 6.07 Å². The molecule has 0 radical (unpaired) electrons. The van der Waals surface area contributed by atoms with E-state index in [0.29, 0.717) is 20.6 Å². The van der Waals surface area contributed by atoms with Crippen LogP contribution < -0.4 is 10.6 Å². The zero-order valence-corrected chi connectivity index (χ0v) is 18.7. The predicted molar refractivity (Wildman–Crippen MR) is 115 cm³/mol. The van der Waals surface area contributed by atoms with Crippen LogP contribution in [0.4, 0.5) is 5.00 Å². The molecule has 1 amide bonds. The Hall–Kier alpha value is -0.970. The van der Waals surface area contributed by atoms with Crippen molar-refractivity contribution in [2.45, 2.75) is 35.6 Å². The van der Waals surface area contributed by atoms with Gasteiger partial charge in [0.15, 0.2) is 0 Å². The van der Waals surface area contributed by atoms with E-state index in [0.717, 1.165) is 31.2 Å². The summed E-state index contributed by atoms with van der Waals surface area (Å²) in [5, 5.41) is 16.0. The molecule has 1 heterocycles. The van der Waals surface area contributed by atoms with Crippen molar-refractivity contribution in [2.24, 2.45) is 0 Å². The number of carbonyl (C=O) groups excluding carboxylic acids is 1. The van der Waals surface area contributed by atoms with Crippen LogP contribution >= 0.6 is 62.1 Å². The van der Waals surface area contributed by atoms with Gasteiger partial charge in [-0.25, -0.2) is 0 Å². The highest BCUT2D eigenvalue weighted by Crippen LogP contribution is 2.40. The van der Waals surface area contributed by atoms with E-state index >= 15 is 0 Å². The summed E-state index contributed by atoms with van der Waals surface area (Å²) in [5.74, 6) is -0.397. The summed E-state index contributed by atoms with van der Waals surface area (Å²) >= 11 is 23.1. The number of alkyl halides is 3. The fourth-order valence-corrected chi connectivity index (χ4v) is 5.03. The molecule has 0 aliphatic heterocycles. The van der Waals surface area contributed by atoms with Crippen molar-refractivity contribution in [3.05, 3.63) is 50.3 Å². The second-order valence-electron chi connectivity index (χ2n) is 6.10. The van der Waals surface area contributed by atoms with Crippen LogP contribution in [0.3, 0.4) is 0 Å². The molecule has 1 aromatic carbocycles. The molecule has 0 bridgehead atoms. The summed E-state index contributed by atoms with van der Waals surface area (Å²) in [6.45, 7) is 0. The van der Waals surface area contributed by atoms with Crippen LogP contribution in [0.2, 0.25) is 0 Å². The van der Waals surface area contributed by atoms with Crippen molar-refractivity contribution in [3.63, 3.8) is 0 Å². The minimum atomic E-state index is -1.81. The van der Waals surface area contributed by atoms with Gasteiger partial charge in [-0.1, -0.05) is 46.9 Å². The molecule has 9 heteroatoms. The molecule has 142 valence electrons. The van der Waals surface area contributed by atoms with Crippen LogP contribution in [0, 0.1) is 11.3 Å². The molecule has 2 aromatic rings. The molecule has 0 spiro atoms. The summed E-state index contributed by atoms with van der Waals surface area (Å²) in [6, 6.07) is 9.23. The van der Waals surface area contributed by atoms with Crippen molar-refractivity contribution >= 4 is 73.0 Å². The molecular formula is C18H15BrCl3N3OS. The van der Waals surface area contributed by atoms with Crippen molar-refractivity contribution in [2.75, 3.05) is 5.32 Å². The molecule has 1 aliphatic carbocycles. The number of nitrogens with zero attached hydrogens (tertiary/aromatic N) is 1. The third kappa shape index (κ3) is 4.72. The molecule has 0 saturated heterocycles. The predicted octanol–water partition coefficient (Wildman–Crippen LogP) is 5.80. The van der Waals surface area contributed by atoms with Crippen LogP contribution in [0.25, 0.3) is 0 Å². The maximum absolute atomic E-state index is 12.6. The third-order valence-electron chi connectivity index (χ3n) is 4.28. The van der Waals surface area contributed by atoms with Gasteiger partial charge in [-0.15, -0.1) is 11.3 Å². The van der Waals surface area contributed by atoms with Crippen molar-refractivity contribution in [1.29, 1.82) is 5.26 Å². The van der Waals surface area contributed by atoms with Crippen LogP contribution in [0.5, 0.6) is 0 Å². The Bertz CT molecular complexity index is 904. The highest BCUT2D eigenvalue weighted by atomic mass is 79.9. The number of benzene rings is 1. The van der Waals surface area contributed by atoms with Gasteiger partial charge in [0.1, 0.15) is 17.2 Å². The van der Waals surface area contributed by atoms with E-state index in [1.54, 1.807) is 24.3 Å². The number of aryl methyl sites for hydroxylation is 1. The first-order valence-electron chi connectivity index (χ1n) is 8.24. The molecule has 0 saturated carbocycles. The summed E-state index contributed by atoms with van der Waals surface area (Å²) in [4.78, 5) is 13.8. The van der Waals surface area contributed by atoms with Gasteiger partial charge in [0.25, 0.3) is 5.91 Å². The van der Waals surface area contributed by atoms with Gasteiger partial charge < -0.3 is 10.6 Å². The monoisotopic (exact) mass is 505 g/mol. The number of amides is 1. The number of fused-ring (bicyclic) bond motifs is 1. The molecule has 1 atom stereocenters. The van der Waals surface area contributed by atoms with Crippen molar-refractivity contribution < 1.29 is 4.79 Å². The average molecular weight is 508 g/mol. The standard InChI is InChI=1S/C18H15BrCl3N3OS/c19-13-7-3-1-6-11(13)15(26)24-17(18(20,21)22)25-16-12(9-23)10-5-2-4-8-14(10)27-16/h1,3,6-7,17,25H,2,4-5,8H2,(H,24,26)/t17-/m0/s1. The Morgan fingerprint density at radius 1 is 1.26 bits per heavy atom. The SMILES string of the molecule is N#Cc1c(N[C@H](NC(=O)c2ccccc2Br)C(Cl)(Cl)Cl)sc2c1CCCC2. The molecule has 2 N–H and O–H groups in total. The second kappa shape index (κ2) is 8.59. The number of halogens is 4. The van der Waals surface area contributed by atoms with Gasteiger partial charge >= 0.3 is 0 Å². The molecule has 4 nitrogen and oxygen atoms in total. The first kappa shape index (κ1) is 20.8. The van der Waals surface area contributed by atoms with E-state index in [4.69, 9.17) is 34.8 Å². The molecule has 27 heavy (non-hydrogen) atoms.